The predicted molar refractivity (Wildman–Crippen MR) is 125 cm³/mol. The molecule has 4 aromatic rings. The van der Waals surface area contributed by atoms with E-state index >= 15 is 0 Å². The Labute approximate surface area is 191 Å². The van der Waals surface area contributed by atoms with Gasteiger partial charge in [-0.1, -0.05) is 23.4 Å². The van der Waals surface area contributed by atoms with Gasteiger partial charge in [0.15, 0.2) is 11.5 Å². The molecule has 0 bridgehead atoms. The minimum absolute atomic E-state index is 0.209. The number of nitrogens with one attached hydrogen (secondary N) is 1. The molecule has 0 radical (unpaired) electrons. The number of methoxy groups -OCH3 is 1. The number of hydrogen-bond acceptors (Lipinski definition) is 6. The number of ether oxygens (including phenoxy) is 2. The quantitative estimate of drug-likeness (QED) is 0.410. The third-order valence-electron chi connectivity index (χ3n) is 5.47. The van der Waals surface area contributed by atoms with Gasteiger partial charge in [-0.25, -0.2) is 4.98 Å². The summed E-state index contributed by atoms with van der Waals surface area (Å²) in [6.07, 6.45) is 3.21. The van der Waals surface area contributed by atoms with E-state index in [4.69, 9.17) is 14.0 Å². The summed E-state index contributed by atoms with van der Waals surface area (Å²) in [5, 5.41) is 6.82. The maximum Gasteiger partial charge on any atom is 0.244 e. The van der Waals surface area contributed by atoms with Crippen LogP contribution in [-0.4, -0.2) is 27.7 Å². The number of hydrogen-bond donors (Lipinski definition) is 1. The number of rotatable bonds is 8. The lowest BCUT2D eigenvalue weighted by atomic mass is 10.2. The van der Waals surface area contributed by atoms with Gasteiger partial charge >= 0.3 is 0 Å². The first-order valence-electron chi connectivity index (χ1n) is 10.5. The Hall–Kier alpha value is -4.07. The van der Waals surface area contributed by atoms with Crippen LogP contribution in [0.5, 0.6) is 11.5 Å². The van der Waals surface area contributed by atoms with Crippen LogP contribution in [0.1, 0.15) is 28.4 Å². The van der Waals surface area contributed by atoms with Crippen LogP contribution in [0.15, 0.2) is 53.1 Å². The van der Waals surface area contributed by atoms with Crippen molar-refractivity contribution in [2.24, 2.45) is 7.05 Å². The summed E-state index contributed by atoms with van der Waals surface area (Å²) >= 11 is 0. The molecule has 0 aliphatic heterocycles. The van der Waals surface area contributed by atoms with Gasteiger partial charge in [0.05, 0.1) is 35.9 Å². The Kier molecular flexibility index (Phi) is 6.44. The van der Waals surface area contributed by atoms with Crippen molar-refractivity contribution in [3.63, 3.8) is 0 Å². The second-order valence-electron chi connectivity index (χ2n) is 7.63. The molecule has 2 heterocycles. The molecule has 33 heavy (non-hydrogen) atoms. The lowest BCUT2D eigenvalue weighted by Gasteiger charge is -2.11. The number of nitrogens with zero attached hydrogens (tertiary/aromatic N) is 3. The molecule has 0 spiro atoms. The van der Waals surface area contributed by atoms with Crippen molar-refractivity contribution in [2.75, 3.05) is 7.11 Å². The minimum atomic E-state index is -0.209. The fourth-order valence-corrected chi connectivity index (χ4v) is 3.52. The monoisotopic (exact) mass is 446 g/mol. The molecular formula is C25H26N4O4. The second-order valence-corrected chi connectivity index (χ2v) is 7.63. The lowest BCUT2D eigenvalue weighted by molar-refractivity contribution is -0.116. The normalized spacial score (nSPS) is 11.3. The molecule has 0 atom stereocenters. The number of aromatic nitrogens is 3. The number of benzene rings is 2. The van der Waals surface area contributed by atoms with Crippen molar-refractivity contribution < 1.29 is 18.8 Å². The molecule has 170 valence electrons. The number of fused-ring (bicyclic) bond motifs is 1. The highest BCUT2D eigenvalue weighted by Crippen LogP contribution is 2.30. The van der Waals surface area contributed by atoms with Gasteiger partial charge in [0.25, 0.3) is 0 Å². The molecule has 2 aromatic heterocycles. The molecule has 0 saturated carbocycles. The van der Waals surface area contributed by atoms with Gasteiger partial charge in [-0.05, 0) is 49.8 Å². The highest BCUT2D eigenvalue weighted by atomic mass is 16.5. The smallest absolute Gasteiger partial charge is 0.244 e. The third kappa shape index (κ3) is 4.90. The molecule has 0 aliphatic rings. The summed E-state index contributed by atoms with van der Waals surface area (Å²) in [5.41, 5.74) is 4.47. The van der Waals surface area contributed by atoms with E-state index in [2.05, 4.69) is 15.5 Å². The highest BCUT2D eigenvalue weighted by molar-refractivity contribution is 5.91. The Balaban J connectivity index is 1.37. The number of aryl methyl sites for hydroxylation is 3. The van der Waals surface area contributed by atoms with E-state index in [1.165, 1.54) is 6.08 Å². The average molecular weight is 447 g/mol. The lowest BCUT2D eigenvalue weighted by Crippen LogP contribution is -2.22. The van der Waals surface area contributed by atoms with E-state index in [0.29, 0.717) is 24.7 Å². The van der Waals surface area contributed by atoms with E-state index in [-0.39, 0.29) is 5.91 Å². The fourth-order valence-electron chi connectivity index (χ4n) is 3.52. The largest absolute Gasteiger partial charge is 0.493 e. The van der Waals surface area contributed by atoms with Crippen molar-refractivity contribution >= 4 is 23.0 Å². The first kappa shape index (κ1) is 22.1. The molecule has 2 aromatic carbocycles. The molecule has 1 N–H and O–H groups in total. The Bertz CT molecular complexity index is 1300. The van der Waals surface area contributed by atoms with E-state index in [0.717, 1.165) is 39.4 Å². The zero-order chi connectivity index (χ0) is 23.4. The molecular weight excluding hydrogens is 420 g/mol. The van der Waals surface area contributed by atoms with Gasteiger partial charge in [-0.3, -0.25) is 4.79 Å². The SMILES string of the molecule is COc1cc(/C=C/C(=O)NCc2nc3ccccc3n2C)ccc1OCc1c(C)noc1C. The van der Waals surface area contributed by atoms with Crippen LogP contribution in [0.4, 0.5) is 0 Å². The average Bonchev–Trinajstić information content (AvgIpc) is 3.33. The zero-order valence-corrected chi connectivity index (χ0v) is 19.1. The fraction of sp³-hybridized carbons (Fsp3) is 0.240. The Morgan fingerprint density at radius 2 is 2.00 bits per heavy atom. The van der Waals surface area contributed by atoms with Crippen LogP contribution < -0.4 is 14.8 Å². The molecule has 0 aliphatic carbocycles. The molecule has 0 unspecified atom stereocenters. The summed E-state index contributed by atoms with van der Waals surface area (Å²) in [5.74, 6) is 2.49. The number of carbonyl (C=O) groups excluding carboxylic acids is 1. The molecule has 0 saturated heterocycles. The molecule has 0 fully saturated rings. The van der Waals surface area contributed by atoms with E-state index in [1.54, 1.807) is 13.2 Å². The van der Waals surface area contributed by atoms with Gasteiger partial charge in [0, 0.05) is 13.1 Å². The van der Waals surface area contributed by atoms with Crippen LogP contribution in [-0.2, 0) is 25.0 Å². The van der Waals surface area contributed by atoms with Gasteiger partial charge in [0.2, 0.25) is 5.91 Å². The summed E-state index contributed by atoms with van der Waals surface area (Å²) in [6, 6.07) is 13.4. The molecule has 8 nitrogen and oxygen atoms in total. The van der Waals surface area contributed by atoms with Crippen molar-refractivity contribution in [3.05, 3.63) is 76.9 Å². The van der Waals surface area contributed by atoms with Crippen molar-refractivity contribution in [1.29, 1.82) is 0 Å². The first-order valence-corrected chi connectivity index (χ1v) is 10.5. The molecule has 1 amide bonds. The minimum Gasteiger partial charge on any atom is -0.493 e. The van der Waals surface area contributed by atoms with Crippen LogP contribution in [0.2, 0.25) is 0 Å². The first-order chi connectivity index (χ1) is 16.0. The van der Waals surface area contributed by atoms with E-state index < -0.39 is 0 Å². The molecule has 4 rings (SSSR count). The maximum absolute atomic E-state index is 12.3. The zero-order valence-electron chi connectivity index (χ0n) is 19.1. The van der Waals surface area contributed by atoms with Crippen LogP contribution in [0.25, 0.3) is 17.1 Å². The third-order valence-corrected chi connectivity index (χ3v) is 5.47. The summed E-state index contributed by atoms with van der Waals surface area (Å²) in [7, 11) is 3.52. The number of imidazole rings is 1. The van der Waals surface area contributed by atoms with Crippen LogP contribution in [0, 0.1) is 13.8 Å². The van der Waals surface area contributed by atoms with Crippen molar-refractivity contribution in [3.8, 4) is 11.5 Å². The van der Waals surface area contributed by atoms with Gasteiger partial charge < -0.3 is 23.9 Å². The van der Waals surface area contributed by atoms with Gasteiger partial charge in [-0.2, -0.15) is 0 Å². The number of carbonyl (C=O) groups is 1. The second kappa shape index (κ2) is 9.60. The standard InChI is InChI=1S/C25H26N4O4/c1-16-19(17(2)33-28-16)15-32-22-11-9-18(13-23(22)31-4)10-12-25(30)26-14-24-27-20-7-5-6-8-21(20)29(24)3/h5-13H,14-15H2,1-4H3,(H,26,30)/b12-10+. The Morgan fingerprint density at radius 1 is 1.18 bits per heavy atom. The number of amides is 1. The van der Waals surface area contributed by atoms with Crippen LogP contribution >= 0.6 is 0 Å². The Morgan fingerprint density at radius 3 is 2.73 bits per heavy atom. The molecule has 8 heteroatoms. The number of para-hydroxylation sites is 2. The predicted octanol–water partition coefficient (Wildman–Crippen LogP) is 4.10. The van der Waals surface area contributed by atoms with Crippen molar-refractivity contribution in [1.82, 2.24) is 20.0 Å². The van der Waals surface area contributed by atoms with Gasteiger partial charge in [0.1, 0.15) is 18.2 Å². The van der Waals surface area contributed by atoms with E-state index in [1.807, 2.05) is 67.9 Å². The van der Waals surface area contributed by atoms with Crippen molar-refractivity contribution in [2.45, 2.75) is 27.0 Å². The van der Waals surface area contributed by atoms with E-state index in [9.17, 15) is 4.79 Å². The summed E-state index contributed by atoms with van der Waals surface area (Å²) < 4.78 is 18.5. The highest BCUT2D eigenvalue weighted by Gasteiger charge is 2.12. The topological polar surface area (TPSA) is 91.4 Å². The summed E-state index contributed by atoms with van der Waals surface area (Å²) in [6.45, 7) is 4.40. The van der Waals surface area contributed by atoms with Gasteiger partial charge in [-0.15, -0.1) is 0 Å². The summed E-state index contributed by atoms with van der Waals surface area (Å²) in [4.78, 5) is 16.9. The van der Waals surface area contributed by atoms with Crippen LogP contribution in [0.3, 0.4) is 0 Å². The maximum atomic E-state index is 12.3.